The van der Waals surface area contributed by atoms with Crippen molar-refractivity contribution in [2.75, 3.05) is 20.3 Å². The SMILES string of the molecule is COCCn1ccc2c(C(=O)NCCn3c(=O)c(=O)[nH]c4ccccc43)cccc21. The molecule has 2 aromatic carbocycles. The number of aromatic amines is 1. The lowest BCUT2D eigenvalue weighted by Crippen LogP contribution is -2.39. The van der Waals surface area contributed by atoms with Gasteiger partial charge >= 0.3 is 11.1 Å². The summed E-state index contributed by atoms with van der Waals surface area (Å²) < 4.78 is 8.56. The van der Waals surface area contributed by atoms with E-state index in [9.17, 15) is 14.4 Å². The number of hydrogen-bond acceptors (Lipinski definition) is 4. The molecule has 0 saturated carbocycles. The van der Waals surface area contributed by atoms with Gasteiger partial charge in [-0.3, -0.25) is 14.4 Å². The van der Waals surface area contributed by atoms with Crippen molar-refractivity contribution < 1.29 is 9.53 Å². The minimum atomic E-state index is -0.679. The highest BCUT2D eigenvalue weighted by Crippen LogP contribution is 2.20. The van der Waals surface area contributed by atoms with Gasteiger partial charge in [0.2, 0.25) is 0 Å². The van der Waals surface area contributed by atoms with Crippen LogP contribution < -0.4 is 16.4 Å². The summed E-state index contributed by atoms with van der Waals surface area (Å²) in [7, 11) is 1.65. The van der Waals surface area contributed by atoms with E-state index in [4.69, 9.17) is 4.74 Å². The summed E-state index contributed by atoms with van der Waals surface area (Å²) in [6.45, 7) is 1.69. The van der Waals surface area contributed by atoms with Crippen LogP contribution in [0.3, 0.4) is 0 Å². The second-order valence-corrected chi connectivity index (χ2v) is 6.92. The Labute approximate surface area is 171 Å². The molecular formula is C22H22N4O4. The van der Waals surface area contributed by atoms with Crippen molar-refractivity contribution in [1.82, 2.24) is 19.4 Å². The fourth-order valence-corrected chi connectivity index (χ4v) is 3.63. The number of amides is 1. The van der Waals surface area contributed by atoms with E-state index < -0.39 is 11.1 Å². The van der Waals surface area contributed by atoms with Crippen LogP contribution in [0.2, 0.25) is 0 Å². The van der Waals surface area contributed by atoms with Crippen LogP contribution in [0.5, 0.6) is 0 Å². The molecule has 1 amide bonds. The number of hydrogen-bond donors (Lipinski definition) is 2. The number of fused-ring (bicyclic) bond motifs is 2. The molecule has 0 spiro atoms. The highest BCUT2D eigenvalue weighted by molar-refractivity contribution is 6.06. The summed E-state index contributed by atoms with van der Waals surface area (Å²) in [5, 5.41) is 3.71. The third-order valence-corrected chi connectivity index (χ3v) is 5.10. The van der Waals surface area contributed by atoms with Crippen molar-refractivity contribution in [3.05, 3.63) is 81.0 Å². The van der Waals surface area contributed by atoms with Crippen LogP contribution in [-0.4, -0.2) is 40.3 Å². The molecule has 0 unspecified atom stereocenters. The highest BCUT2D eigenvalue weighted by Gasteiger charge is 2.13. The largest absolute Gasteiger partial charge is 0.383 e. The number of ether oxygens (including phenoxy) is 1. The van der Waals surface area contributed by atoms with Gasteiger partial charge in [0, 0.05) is 49.4 Å². The van der Waals surface area contributed by atoms with Crippen LogP contribution in [0.4, 0.5) is 0 Å². The molecule has 4 aromatic rings. The minimum Gasteiger partial charge on any atom is -0.383 e. The Kier molecular flexibility index (Phi) is 5.49. The van der Waals surface area contributed by atoms with Crippen molar-refractivity contribution >= 4 is 27.8 Å². The van der Waals surface area contributed by atoms with Gasteiger partial charge in [-0.15, -0.1) is 0 Å². The normalized spacial score (nSPS) is 11.2. The summed E-state index contributed by atoms with van der Waals surface area (Å²) in [5.41, 5.74) is 1.40. The lowest BCUT2D eigenvalue weighted by atomic mass is 10.1. The quantitative estimate of drug-likeness (QED) is 0.457. The van der Waals surface area contributed by atoms with E-state index in [-0.39, 0.29) is 19.0 Å². The Hall–Kier alpha value is -3.65. The number of nitrogens with zero attached hydrogens (tertiary/aromatic N) is 2. The number of nitrogens with one attached hydrogen (secondary N) is 2. The van der Waals surface area contributed by atoms with E-state index in [1.807, 2.05) is 29.0 Å². The standard InChI is InChI=1S/C22H22N4O4/c1-30-14-13-25-11-9-15-16(5-4-8-18(15)25)20(27)23-10-12-26-19-7-3-2-6-17(19)24-21(28)22(26)29/h2-9,11H,10,12-14H2,1H3,(H,23,27)(H,24,28). The maximum atomic E-state index is 12.8. The summed E-state index contributed by atoms with van der Waals surface area (Å²) in [6.07, 6.45) is 1.93. The number of methoxy groups -OCH3 is 1. The first-order valence-corrected chi connectivity index (χ1v) is 9.67. The Morgan fingerprint density at radius 1 is 1.03 bits per heavy atom. The summed E-state index contributed by atoms with van der Waals surface area (Å²) in [6, 6.07) is 14.6. The second-order valence-electron chi connectivity index (χ2n) is 6.92. The fraction of sp³-hybridized carbons (Fsp3) is 0.227. The molecule has 0 atom stereocenters. The van der Waals surface area contributed by atoms with E-state index in [0.717, 1.165) is 10.9 Å². The maximum absolute atomic E-state index is 12.8. The molecule has 0 aliphatic heterocycles. The van der Waals surface area contributed by atoms with Gasteiger partial charge in [-0.25, -0.2) is 0 Å². The summed E-state index contributed by atoms with van der Waals surface area (Å²) >= 11 is 0. The van der Waals surface area contributed by atoms with Crippen LogP contribution in [0, 0.1) is 0 Å². The zero-order chi connectivity index (χ0) is 21.1. The highest BCUT2D eigenvalue weighted by atomic mass is 16.5. The third kappa shape index (κ3) is 3.65. The van der Waals surface area contributed by atoms with E-state index in [2.05, 4.69) is 10.3 Å². The predicted octanol–water partition coefficient (Wildman–Crippen LogP) is 1.72. The molecule has 0 aliphatic carbocycles. The van der Waals surface area contributed by atoms with Gasteiger partial charge in [0.15, 0.2) is 0 Å². The van der Waals surface area contributed by atoms with Crippen molar-refractivity contribution in [1.29, 1.82) is 0 Å². The molecule has 2 aromatic heterocycles. The average molecular weight is 406 g/mol. The molecule has 2 N–H and O–H groups in total. The first kappa shape index (κ1) is 19.7. The monoisotopic (exact) mass is 406 g/mol. The number of para-hydroxylation sites is 2. The van der Waals surface area contributed by atoms with Crippen LogP contribution in [0.25, 0.3) is 21.9 Å². The lowest BCUT2D eigenvalue weighted by molar-refractivity contribution is 0.0954. The smallest absolute Gasteiger partial charge is 0.316 e. The van der Waals surface area contributed by atoms with Gasteiger partial charge in [0.1, 0.15) is 0 Å². The molecule has 0 saturated heterocycles. The fourth-order valence-electron chi connectivity index (χ4n) is 3.63. The van der Waals surface area contributed by atoms with Gasteiger partial charge in [0.25, 0.3) is 5.91 Å². The average Bonchev–Trinajstić information content (AvgIpc) is 3.18. The molecule has 8 heteroatoms. The molecular weight excluding hydrogens is 384 g/mol. The number of benzene rings is 2. The summed E-state index contributed by atoms with van der Waals surface area (Å²) in [5.74, 6) is -0.229. The molecule has 2 heterocycles. The lowest BCUT2D eigenvalue weighted by Gasteiger charge is -2.11. The van der Waals surface area contributed by atoms with Crippen LogP contribution in [0.15, 0.2) is 64.3 Å². The van der Waals surface area contributed by atoms with Gasteiger partial charge in [0.05, 0.1) is 17.6 Å². The summed E-state index contributed by atoms with van der Waals surface area (Å²) in [4.78, 5) is 39.6. The first-order chi connectivity index (χ1) is 14.6. The van der Waals surface area contributed by atoms with E-state index in [1.165, 1.54) is 4.57 Å². The molecule has 0 fully saturated rings. The molecule has 8 nitrogen and oxygen atoms in total. The zero-order valence-electron chi connectivity index (χ0n) is 16.6. The van der Waals surface area contributed by atoms with E-state index in [0.29, 0.717) is 29.7 Å². The van der Waals surface area contributed by atoms with Crippen molar-refractivity contribution in [3.63, 3.8) is 0 Å². The van der Waals surface area contributed by atoms with E-state index >= 15 is 0 Å². The van der Waals surface area contributed by atoms with Crippen LogP contribution >= 0.6 is 0 Å². The van der Waals surface area contributed by atoms with Crippen molar-refractivity contribution in [2.24, 2.45) is 0 Å². The maximum Gasteiger partial charge on any atom is 0.316 e. The number of carbonyl (C=O) groups excluding carboxylic acids is 1. The van der Waals surface area contributed by atoms with Crippen LogP contribution in [-0.2, 0) is 17.8 Å². The molecule has 0 bridgehead atoms. The van der Waals surface area contributed by atoms with Gasteiger partial charge in [-0.2, -0.15) is 0 Å². The topological polar surface area (TPSA) is 98.1 Å². The second kappa shape index (κ2) is 8.38. The van der Waals surface area contributed by atoms with Gasteiger partial charge in [-0.1, -0.05) is 18.2 Å². The van der Waals surface area contributed by atoms with Crippen LogP contribution in [0.1, 0.15) is 10.4 Å². The molecule has 4 rings (SSSR count). The van der Waals surface area contributed by atoms with E-state index in [1.54, 1.807) is 37.4 Å². The molecule has 154 valence electrons. The predicted molar refractivity (Wildman–Crippen MR) is 115 cm³/mol. The molecule has 0 aliphatic rings. The number of carbonyl (C=O) groups is 1. The zero-order valence-corrected chi connectivity index (χ0v) is 16.6. The van der Waals surface area contributed by atoms with Crippen molar-refractivity contribution in [2.45, 2.75) is 13.1 Å². The minimum absolute atomic E-state index is 0.194. The van der Waals surface area contributed by atoms with Crippen molar-refractivity contribution in [3.8, 4) is 0 Å². The number of aromatic nitrogens is 3. The van der Waals surface area contributed by atoms with Gasteiger partial charge < -0.3 is 24.2 Å². The Balaban J connectivity index is 1.53. The van der Waals surface area contributed by atoms with Gasteiger partial charge in [-0.05, 0) is 30.3 Å². The number of H-pyrrole nitrogens is 1. The molecule has 30 heavy (non-hydrogen) atoms. The Morgan fingerprint density at radius 3 is 2.67 bits per heavy atom. The Bertz CT molecular complexity index is 1330. The first-order valence-electron chi connectivity index (χ1n) is 9.67. The Morgan fingerprint density at radius 2 is 1.83 bits per heavy atom. The molecule has 0 radical (unpaired) electrons. The number of rotatable bonds is 7. The third-order valence-electron chi connectivity index (χ3n) is 5.10.